The number of rotatable bonds is 4. The fourth-order valence-corrected chi connectivity index (χ4v) is 2.93. The van der Waals surface area contributed by atoms with E-state index in [0.717, 1.165) is 21.7 Å². The summed E-state index contributed by atoms with van der Waals surface area (Å²) in [5, 5.41) is 9.62. The second-order valence-corrected chi connectivity index (χ2v) is 6.29. The Balaban J connectivity index is 1.66. The summed E-state index contributed by atoms with van der Waals surface area (Å²) in [6, 6.07) is 10.2. The van der Waals surface area contributed by atoms with Gasteiger partial charge in [-0.05, 0) is 57.2 Å². The Kier molecular flexibility index (Phi) is 3.61. The monoisotopic (exact) mass is 334 g/mol. The van der Waals surface area contributed by atoms with E-state index in [1.54, 1.807) is 22.3 Å². The molecular weight excluding hydrogens is 324 g/mol. The SMILES string of the molecule is Brc1cc(CNc2ccc(-n3cncn3)cc2)cs1. The standard InChI is InChI=1S/C13H11BrN4S/c14-13-5-10(7-19-13)6-16-11-1-3-12(4-2-11)18-9-15-8-17-18/h1-5,7-9,16H,6H2. The van der Waals surface area contributed by atoms with Crippen molar-refractivity contribution in [3.63, 3.8) is 0 Å². The number of anilines is 1. The lowest BCUT2D eigenvalue weighted by Crippen LogP contribution is -1.99. The highest BCUT2D eigenvalue weighted by atomic mass is 79.9. The van der Waals surface area contributed by atoms with Crippen molar-refractivity contribution in [3.05, 3.63) is 57.7 Å². The largest absolute Gasteiger partial charge is 0.381 e. The molecule has 19 heavy (non-hydrogen) atoms. The van der Waals surface area contributed by atoms with Crippen molar-refractivity contribution in [2.24, 2.45) is 0 Å². The predicted molar refractivity (Wildman–Crippen MR) is 80.7 cm³/mol. The Morgan fingerprint density at radius 2 is 2.11 bits per heavy atom. The van der Waals surface area contributed by atoms with E-state index in [1.807, 2.05) is 24.3 Å². The molecule has 0 unspecified atom stereocenters. The number of nitrogens with zero attached hydrogens (tertiary/aromatic N) is 3. The molecule has 2 aromatic heterocycles. The zero-order chi connectivity index (χ0) is 13.1. The van der Waals surface area contributed by atoms with Crippen molar-refractivity contribution in [1.29, 1.82) is 0 Å². The van der Waals surface area contributed by atoms with Gasteiger partial charge >= 0.3 is 0 Å². The summed E-state index contributed by atoms with van der Waals surface area (Å²) in [5.41, 5.74) is 3.37. The molecule has 4 nitrogen and oxygen atoms in total. The zero-order valence-electron chi connectivity index (χ0n) is 9.95. The van der Waals surface area contributed by atoms with E-state index in [4.69, 9.17) is 0 Å². The van der Waals surface area contributed by atoms with E-state index in [9.17, 15) is 0 Å². The van der Waals surface area contributed by atoms with Crippen LogP contribution in [0.2, 0.25) is 0 Å². The number of aromatic nitrogens is 3. The molecule has 0 atom stereocenters. The summed E-state index contributed by atoms with van der Waals surface area (Å²) in [6.45, 7) is 0.824. The summed E-state index contributed by atoms with van der Waals surface area (Å²) in [7, 11) is 0. The van der Waals surface area contributed by atoms with Crippen LogP contribution < -0.4 is 5.32 Å². The fourth-order valence-electron chi connectivity index (χ4n) is 1.72. The maximum Gasteiger partial charge on any atom is 0.138 e. The fraction of sp³-hybridized carbons (Fsp3) is 0.0769. The highest BCUT2D eigenvalue weighted by Crippen LogP contribution is 2.21. The Bertz CT molecular complexity index is 646. The molecule has 3 rings (SSSR count). The maximum atomic E-state index is 4.09. The smallest absolute Gasteiger partial charge is 0.138 e. The molecule has 0 bridgehead atoms. The molecule has 3 aromatic rings. The number of thiophene rings is 1. The van der Waals surface area contributed by atoms with Crippen LogP contribution in [0.25, 0.3) is 5.69 Å². The molecule has 0 aliphatic heterocycles. The maximum absolute atomic E-state index is 4.09. The third-order valence-electron chi connectivity index (χ3n) is 2.67. The first kappa shape index (κ1) is 12.4. The summed E-state index contributed by atoms with van der Waals surface area (Å²) in [4.78, 5) is 3.93. The van der Waals surface area contributed by atoms with Gasteiger partial charge in [-0.15, -0.1) is 11.3 Å². The average molecular weight is 335 g/mol. The van der Waals surface area contributed by atoms with Gasteiger partial charge < -0.3 is 5.32 Å². The Morgan fingerprint density at radius 3 is 2.74 bits per heavy atom. The lowest BCUT2D eigenvalue weighted by molar-refractivity contribution is 0.879. The molecule has 0 aliphatic rings. The lowest BCUT2D eigenvalue weighted by atomic mass is 10.2. The minimum atomic E-state index is 0.824. The molecule has 6 heteroatoms. The van der Waals surface area contributed by atoms with Crippen LogP contribution in [-0.4, -0.2) is 14.8 Å². The molecule has 1 aromatic carbocycles. The zero-order valence-corrected chi connectivity index (χ0v) is 12.4. The van der Waals surface area contributed by atoms with E-state index < -0.39 is 0 Å². The Hall–Kier alpha value is -1.66. The van der Waals surface area contributed by atoms with Gasteiger partial charge in [0.1, 0.15) is 12.7 Å². The number of halogens is 1. The Morgan fingerprint density at radius 1 is 1.26 bits per heavy atom. The van der Waals surface area contributed by atoms with Crippen molar-refractivity contribution in [3.8, 4) is 5.69 Å². The quantitative estimate of drug-likeness (QED) is 0.790. The van der Waals surface area contributed by atoms with E-state index >= 15 is 0 Å². The predicted octanol–water partition coefficient (Wildman–Crippen LogP) is 3.70. The molecule has 0 aliphatic carbocycles. The van der Waals surface area contributed by atoms with Crippen molar-refractivity contribution in [2.75, 3.05) is 5.32 Å². The second kappa shape index (κ2) is 5.54. The molecule has 96 valence electrons. The lowest BCUT2D eigenvalue weighted by Gasteiger charge is -2.06. The molecular formula is C13H11BrN4S. The van der Waals surface area contributed by atoms with Gasteiger partial charge in [0.15, 0.2) is 0 Å². The van der Waals surface area contributed by atoms with E-state index in [2.05, 4.69) is 42.8 Å². The Labute approximate surface area is 123 Å². The summed E-state index contributed by atoms with van der Waals surface area (Å²) >= 11 is 5.16. The summed E-state index contributed by atoms with van der Waals surface area (Å²) < 4.78 is 2.89. The van der Waals surface area contributed by atoms with Gasteiger partial charge in [0.2, 0.25) is 0 Å². The van der Waals surface area contributed by atoms with Gasteiger partial charge in [-0.2, -0.15) is 5.10 Å². The van der Waals surface area contributed by atoms with Crippen LogP contribution in [0, 0.1) is 0 Å². The first-order chi connectivity index (χ1) is 9.31. The van der Waals surface area contributed by atoms with Gasteiger partial charge in [0.25, 0.3) is 0 Å². The van der Waals surface area contributed by atoms with Crippen LogP contribution in [0.1, 0.15) is 5.56 Å². The van der Waals surface area contributed by atoms with E-state index in [0.29, 0.717) is 0 Å². The molecule has 2 heterocycles. The van der Waals surface area contributed by atoms with E-state index in [1.165, 1.54) is 11.9 Å². The molecule has 0 spiro atoms. The van der Waals surface area contributed by atoms with E-state index in [-0.39, 0.29) is 0 Å². The number of hydrogen-bond donors (Lipinski definition) is 1. The highest BCUT2D eigenvalue weighted by molar-refractivity contribution is 9.11. The van der Waals surface area contributed by atoms with Crippen LogP contribution in [0.3, 0.4) is 0 Å². The summed E-state index contributed by atoms with van der Waals surface area (Å²) in [5.74, 6) is 0. The summed E-state index contributed by atoms with van der Waals surface area (Å²) in [6.07, 6.45) is 3.21. The number of benzene rings is 1. The van der Waals surface area contributed by atoms with Gasteiger partial charge in [-0.1, -0.05) is 0 Å². The van der Waals surface area contributed by atoms with Crippen molar-refractivity contribution in [2.45, 2.75) is 6.54 Å². The molecule has 0 saturated carbocycles. The van der Waals surface area contributed by atoms with Crippen molar-refractivity contribution in [1.82, 2.24) is 14.8 Å². The van der Waals surface area contributed by atoms with Crippen LogP contribution in [0.5, 0.6) is 0 Å². The molecule has 1 N–H and O–H groups in total. The van der Waals surface area contributed by atoms with Gasteiger partial charge in [0.05, 0.1) is 9.47 Å². The number of hydrogen-bond acceptors (Lipinski definition) is 4. The van der Waals surface area contributed by atoms with Gasteiger partial charge in [-0.25, -0.2) is 9.67 Å². The van der Waals surface area contributed by atoms with Crippen LogP contribution in [-0.2, 0) is 6.54 Å². The molecule has 0 fully saturated rings. The molecule has 0 amide bonds. The third-order valence-corrected chi connectivity index (χ3v) is 4.22. The van der Waals surface area contributed by atoms with Crippen LogP contribution in [0.4, 0.5) is 5.69 Å². The van der Waals surface area contributed by atoms with Gasteiger partial charge in [-0.3, -0.25) is 0 Å². The minimum Gasteiger partial charge on any atom is -0.381 e. The molecule has 0 saturated heterocycles. The first-order valence-electron chi connectivity index (χ1n) is 5.73. The number of nitrogens with one attached hydrogen (secondary N) is 1. The normalized spacial score (nSPS) is 10.6. The minimum absolute atomic E-state index is 0.824. The van der Waals surface area contributed by atoms with Crippen molar-refractivity contribution < 1.29 is 0 Å². The molecule has 0 radical (unpaired) electrons. The average Bonchev–Trinajstić information content (AvgIpc) is 3.08. The topological polar surface area (TPSA) is 42.7 Å². The second-order valence-electron chi connectivity index (χ2n) is 4.00. The van der Waals surface area contributed by atoms with Crippen molar-refractivity contribution >= 4 is 33.0 Å². The van der Waals surface area contributed by atoms with Gasteiger partial charge in [0, 0.05) is 12.2 Å². The first-order valence-corrected chi connectivity index (χ1v) is 7.40. The highest BCUT2D eigenvalue weighted by Gasteiger charge is 1.99. The van der Waals surface area contributed by atoms with Crippen LogP contribution >= 0.6 is 27.3 Å². The third kappa shape index (κ3) is 3.02. The van der Waals surface area contributed by atoms with Crippen LogP contribution in [0.15, 0.2) is 52.2 Å².